The molecule has 1 aliphatic carbocycles. The number of nitrogens with one attached hydrogen (secondary N) is 2. The number of hydrogen-bond donors (Lipinski definition) is 2. The molecule has 1 amide bonds. The maximum Gasteiger partial charge on any atom is 0.235 e. The van der Waals surface area contributed by atoms with Crippen molar-refractivity contribution in [3.8, 4) is 5.75 Å². The minimum atomic E-state index is -0.725. The molecule has 29 heavy (non-hydrogen) atoms. The molecule has 0 radical (unpaired) electrons. The van der Waals surface area contributed by atoms with Crippen LogP contribution in [0.1, 0.15) is 42.7 Å². The van der Waals surface area contributed by atoms with Crippen molar-refractivity contribution in [1.29, 1.82) is 0 Å². The molecular weight excluding hydrogens is 364 g/mol. The standard InChI is InChI=1S/C24H26N2O3/c1-15-8-2-4-11-18(15)26-23(28)22-19(27)14-25-24-13-7-6-10-17(24)21(22)16-9-3-5-12-20(16)29-24/h2-5,8-9,11-12,17,21-22,25H,6-7,10,13-14H2,1H3,(H,26,28). The molecule has 4 atom stereocenters. The van der Waals surface area contributed by atoms with Crippen LogP contribution in [0.4, 0.5) is 5.69 Å². The van der Waals surface area contributed by atoms with Gasteiger partial charge in [0.1, 0.15) is 11.7 Å². The number of para-hydroxylation sites is 2. The van der Waals surface area contributed by atoms with Crippen LogP contribution in [0, 0.1) is 18.8 Å². The lowest BCUT2D eigenvalue weighted by Gasteiger charge is -2.50. The summed E-state index contributed by atoms with van der Waals surface area (Å²) >= 11 is 0. The van der Waals surface area contributed by atoms with Crippen molar-refractivity contribution < 1.29 is 14.3 Å². The lowest BCUT2D eigenvalue weighted by molar-refractivity contribution is -0.132. The number of ether oxygens (including phenoxy) is 1. The Morgan fingerprint density at radius 3 is 2.79 bits per heavy atom. The Kier molecular flexibility index (Phi) is 4.43. The molecule has 2 fully saturated rings. The van der Waals surface area contributed by atoms with Gasteiger partial charge in [0.05, 0.1) is 6.54 Å². The van der Waals surface area contributed by atoms with Gasteiger partial charge in [0.15, 0.2) is 11.5 Å². The molecule has 5 rings (SSSR count). The number of Topliss-reactive ketones (excluding diaryl/α,β-unsaturated/α-hetero) is 1. The van der Waals surface area contributed by atoms with E-state index in [1.807, 2.05) is 55.5 Å². The second kappa shape index (κ2) is 6.99. The number of rotatable bonds is 2. The van der Waals surface area contributed by atoms with E-state index in [1.165, 1.54) is 0 Å². The third kappa shape index (κ3) is 2.96. The van der Waals surface area contributed by atoms with E-state index in [4.69, 9.17) is 4.74 Å². The van der Waals surface area contributed by atoms with Gasteiger partial charge in [0.25, 0.3) is 0 Å². The first kappa shape index (κ1) is 18.4. The number of benzene rings is 2. The van der Waals surface area contributed by atoms with Gasteiger partial charge >= 0.3 is 0 Å². The molecule has 2 heterocycles. The second-order valence-corrected chi connectivity index (χ2v) is 8.51. The third-order valence-corrected chi connectivity index (χ3v) is 6.87. The van der Waals surface area contributed by atoms with Crippen LogP contribution in [0.3, 0.4) is 0 Å². The molecule has 3 aliphatic rings. The molecule has 2 N–H and O–H groups in total. The quantitative estimate of drug-likeness (QED) is 0.766. The van der Waals surface area contributed by atoms with E-state index in [9.17, 15) is 9.59 Å². The van der Waals surface area contributed by atoms with Crippen molar-refractivity contribution in [2.45, 2.75) is 44.2 Å². The highest BCUT2D eigenvalue weighted by atomic mass is 16.5. The molecule has 0 aromatic heterocycles. The number of ketones is 1. The molecule has 2 aromatic carbocycles. The Labute approximate surface area is 170 Å². The molecule has 1 saturated heterocycles. The summed E-state index contributed by atoms with van der Waals surface area (Å²) in [6.07, 6.45) is 3.97. The number of fused-ring (bicyclic) bond motifs is 2. The van der Waals surface area contributed by atoms with Crippen molar-refractivity contribution in [1.82, 2.24) is 5.32 Å². The van der Waals surface area contributed by atoms with Crippen LogP contribution < -0.4 is 15.4 Å². The van der Waals surface area contributed by atoms with Crippen molar-refractivity contribution in [2.24, 2.45) is 11.8 Å². The fraction of sp³-hybridized carbons (Fsp3) is 0.417. The average Bonchev–Trinajstić information content (AvgIpc) is 2.82. The molecular formula is C24H26N2O3. The van der Waals surface area contributed by atoms with Crippen LogP contribution >= 0.6 is 0 Å². The Bertz CT molecular complexity index is 972. The molecule has 2 aromatic rings. The van der Waals surface area contributed by atoms with Gasteiger partial charge in [0, 0.05) is 23.9 Å². The number of aryl methyl sites for hydroxylation is 1. The first-order valence-corrected chi connectivity index (χ1v) is 10.5. The second-order valence-electron chi connectivity index (χ2n) is 8.51. The zero-order valence-corrected chi connectivity index (χ0v) is 16.6. The summed E-state index contributed by atoms with van der Waals surface area (Å²) in [6.45, 7) is 2.12. The van der Waals surface area contributed by atoms with Crippen molar-refractivity contribution >= 4 is 17.4 Å². The van der Waals surface area contributed by atoms with Gasteiger partial charge in [-0.1, -0.05) is 42.8 Å². The maximum atomic E-state index is 13.5. The normalized spacial score (nSPS) is 30.4. The van der Waals surface area contributed by atoms with E-state index in [2.05, 4.69) is 10.6 Å². The van der Waals surface area contributed by atoms with E-state index in [0.29, 0.717) is 0 Å². The molecule has 0 spiro atoms. The van der Waals surface area contributed by atoms with E-state index >= 15 is 0 Å². The third-order valence-electron chi connectivity index (χ3n) is 6.87. The van der Waals surface area contributed by atoms with Gasteiger partial charge < -0.3 is 10.1 Å². The molecule has 5 nitrogen and oxygen atoms in total. The number of carbonyl (C=O) groups is 2. The van der Waals surface area contributed by atoms with Gasteiger partial charge in [-0.2, -0.15) is 0 Å². The van der Waals surface area contributed by atoms with Crippen LogP contribution in [0.15, 0.2) is 48.5 Å². The fourth-order valence-electron chi connectivity index (χ4n) is 5.48. The number of carbonyl (C=O) groups excluding carboxylic acids is 2. The van der Waals surface area contributed by atoms with Gasteiger partial charge in [-0.25, -0.2) is 0 Å². The zero-order valence-electron chi connectivity index (χ0n) is 16.6. The minimum Gasteiger partial charge on any atom is -0.472 e. The van der Waals surface area contributed by atoms with Crippen molar-refractivity contribution in [3.63, 3.8) is 0 Å². The largest absolute Gasteiger partial charge is 0.472 e. The summed E-state index contributed by atoms with van der Waals surface area (Å²) < 4.78 is 6.49. The van der Waals surface area contributed by atoms with Crippen LogP contribution in [-0.4, -0.2) is 24.0 Å². The van der Waals surface area contributed by atoms with Crippen LogP contribution in [0.2, 0.25) is 0 Å². The predicted molar refractivity (Wildman–Crippen MR) is 111 cm³/mol. The molecule has 2 aliphatic heterocycles. The molecule has 4 unspecified atom stereocenters. The number of hydrogen-bond acceptors (Lipinski definition) is 4. The zero-order chi connectivity index (χ0) is 20.0. The molecule has 5 heteroatoms. The summed E-state index contributed by atoms with van der Waals surface area (Å²) in [6, 6.07) is 15.6. The summed E-state index contributed by atoms with van der Waals surface area (Å²) in [5, 5.41) is 6.46. The van der Waals surface area contributed by atoms with Crippen molar-refractivity contribution in [2.75, 3.05) is 11.9 Å². The Hall–Kier alpha value is -2.66. The Morgan fingerprint density at radius 1 is 1.14 bits per heavy atom. The number of anilines is 1. The van der Waals surface area contributed by atoms with E-state index in [-0.39, 0.29) is 30.1 Å². The summed E-state index contributed by atoms with van der Waals surface area (Å²) in [4.78, 5) is 26.7. The smallest absolute Gasteiger partial charge is 0.235 e. The average molecular weight is 390 g/mol. The highest BCUT2D eigenvalue weighted by Crippen LogP contribution is 2.54. The predicted octanol–water partition coefficient (Wildman–Crippen LogP) is 3.78. The summed E-state index contributed by atoms with van der Waals surface area (Å²) in [7, 11) is 0. The van der Waals surface area contributed by atoms with Gasteiger partial charge in [-0.3, -0.25) is 14.9 Å². The molecule has 2 bridgehead atoms. The highest BCUT2D eigenvalue weighted by Gasteiger charge is 2.57. The minimum absolute atomic E-state index is 0.0600. The fourth-order valence-corrected chi connectivity index (χ4v) is 5.48. The first-order valence-electron chi connectivity index (χ1n) is 10.5. The first-order chi connectivity index (χ1) is 14.1. The van der Waals surface area contributed by atoms with E-state index in [0.717, 1.165) is 48.2 Å². The van der Waals surface area contributed by atoms with Crippen LogP contribution in [-0.2, 0) is 9.59 Å². The van der Waals surface area contributed by atoms with Crippen LogP contribution in [0.25, 0.3) is 0 Å². The highest BCUT2D eigenvalue weighted by molar-refractivity contribution is 6.09. The SMILES string of the molecule is Cc1ccccc1NC(=O)C1C(=O)CNC23CCCCC2C1c1ccccc1O3. The van der Waals surface area contributed by atoms with Gasteiger partial charge in [-0.05, 0) is 43.0 Å². The Balaban J connectivity index is 1.59. The molecule has 1 saturated carbocycles. The topological polar surface area (TPSA) is 67.4 Å². The van der Waals surface area contributed by atoms with Crippen molar-refractivity contribution in [3.05, 3.63) is 59.7 Å². The number of amides is 1. The summed E-state index contributed by atoms with van der Waals surface area (Å²) in [5.74, 6) is -0.273. The van der Waals surface area contributed by atoms with E-state index < -0.39 is 11.6 Å². The monoisotopic (exact) mass is 390 g/mol. The van der Waals surface area contributed by atoms with Crippen LogP contribution in [0.5, 0.6) is 5.75 Å². The lowest BCUT2D eigenvalue weighted by atomic mass is 9.65. The molecule has 150 valence electrons. The van der Waals surface area contributed by atoms with Gasteiger partial charge in [0.2, 0.25) is 5.91 Å². The Morgan fingerprint density at radius 2 is 1.93 bits per heavy atom. The maximum absolute atomic E-state index is 13.5. The van der Waals surface area contributed by atoms with E-state index in [1.54, 1.807) is 0 Å². The van der Waals surface area contributed by atoms with Gasteiger partial charge in [-0.15, -0.1) is 0 Å². The summed E-state index contributed by atoms with van der Waals surface area (Å²) in [5.41, 5.74) is 2.18. The lowest BCUT2D eigenvalue weighted by Crippen LogP contribution is -2.60.